The molecule has 19 heavy (non-hydrogen) atoms. The van der Waals surface area contributed by atoms with Crippen LogP contribution in [0.15, 0.2) is 48.5 Å². The Balaban J connectivity index is 1.93. The van der Waals surface area contributed by atoms with Crippen LogP contribution in [0.1, 0.15) is 17.2 Å². The Morgan fingerprint density at radius 2 is 1.89 bits per heavy atom. The zero-order valence-corrected chi connectivity index (χ0v) is 11.2. The Bertz CT molecular complexity index is 617. The van der Waals surface area contributed by atoms with Crippen LogP contribution in [0.3, 0.4) is 0 Å². The summed E-state index contributed by atoms with van der Waals surface area (Å²) in [4.78, 5) is 0. The predicted octanol–water partition coefficient (Wildman–Crippen LogP) is 4.50. The van der Waals surface area contributed by atoms with Gasteiger partial charge in [-0.3, -0.25) is 0 Å². The predicted molar refractivity (Wildman–Crippen MR) is 76.8 cm³/mol. The lowest BCUT2D eigenvalue weighted by Crippen LogP contribution is -2.09. The largest absolute Gasteiger partial charge is 0.496 e. The second-order valence-corrected chi connectivity index (χ2v) is 4.76. The molecule has 0 amide bonds. The Kier molecular flexibility index (Phi) is 3.18. The number of ether oxygens (including phenoxy) is 2. The van der Waals surface area contributed by atoms with Gasteiger partial charge in [0.15, 0.2) is 0 Å². The Morgan fingerprint density at radius 1 is 1.11 bits per heavy atom. The maximum Gasteiger partial charge on any atom is 0.142 e. The first kappa shape index (κ1) is 12.1. The first-order valence-corrected chi connectivity index (χ1v) is 6.43. The summed E-state index contributed by atoms with van der Waals surface area (Å²) in [7, 11) is 1.66. The molecule has 0 aromatic heterocycles. The van der Waals surface area contributed by atoms with E-state index in [1.165, 1.54) is 0 Å². The molecule has 0 spiro atoms. The van der Waals surface area contributed by atoms with E-state index in [0.717, 1.165) is 27.6 Å². The molecule has 0 aliphatic carbocycles. The zero-order valence-electron chi connectivity index (χ0n) is 10.5. The van der Waals surface area contributed by atoms with Crippen LogP contribution in [-0.4, -0.2) is 7.11 Å². The second-order valence-electron chi connectivity index (χ2n) is 4.32. The van der Waals surface area contributed by atoms with Gasteiger partial charge in [-0.2, -0.15) is 0 Å². The summed E-state index contributed by atoms with van der Waals surface area (Å²) in [5.41, 5.74) is 2.06. The minimum Gasteiger partial charge on any atom is -0.496 e. The highest BCUT2D eigenvalue weighted by molar-refractivity contribution is 6.30. The molecule has 0 saturated heterocycles. The highest BCUT2D eigenvalue weighted by atomic mass is 35.5. The van der Waals surface area contributed by atoms with Crippen molar-refractivity contribution in [1.82, 2.24) is 0 Å². The SMILES string of the molecule is COc1cccc2c1C=CC(c1ccc(Cl)cc1)O2. The van der Waals surface area contributed by atoms with Crippen LogP contribution >= 0.6 is 11.6 Å². The van der Waals surface area contributed by atoms with Crippen LogP contribution in [0, 0.1) is 0 Å². The molecule has 1 unspecified atom stereocenters. The van der Waals surface area contributed by atoms with E-state index in [1.54, 1.807) is 7.11 Å². The van der Waals surface area contributed by atoms with Crippen LogP contribution in [0.5, 0.6) is 11.5 Å². The van der Waals surface area contributed by atoms with Crippen molar-refractivity contribution in [2.75, 3.05) is 7.11 Å². The van der Waals surface area contributed by atoms with Gasteiger partial charge in [0.25, 0.3) is 0 Å². The van der Waals surface area contributed by atoms with Crippen LogP contribution in [0.4, 0.5) is 0 Å². The van der Waals surface area contributed by atoms with E-state index in [1.807, 2.05) is 54.6 Å². The fourth-order valence-electron chi connectivity index (χ4n) is 2.16. The average Bonchev–Trinajstić information content (AvgIpc) is 2.47. The standard InChI is InChI=1S/C16H13ClO2/c1-18-15-3-2-4-16-13(15)9-10-14(19-16)11-5-7-12(17)8-6-11/h2-10,14H,1H3. The highest BCUT2D eigenvalue weighted by Crippen LogP contribution is 2.37. The van der Waals surface area contributed by atoms with E-state index < -0.39 is 0 Å². The number of hydrogen-bond donors (Lipinski definition) is 0. The first-order valence-electron chi connectivity index (χ1n) is 6.05. The molecule has 2 aromatic rings. The van der Waals surface area contributed by atoms with Crippen LogP contribution in [0.25, 0.3) is 6.08 Å². The average molecular weight is 273 g/mol. The number of methoxy groups -OCH3 is 1. The van der Waals surface area contributed by atoms with E-state index in [0.29, 0.717) is 0 Å². The number of halogens is 1. The lowest BCUT2D eigenvalue weighted by molar-refractivity contribution is 0.250. The molecule has 1 heterocycles. The third kappa shape index (κ3) is 2.32. The van der Waals surface area contributed by atoms with Crippen molar-refractivity contribution in [3.63, 3.8) is 0 Å². The molecule has 0 saturated carbocycles. The maximum atomic E-state index is 5.99. The Hall–Kier alpha value is -1.93. The van der Waals surface area contributed by atoms with Crippen molar-refractivity contribution < 1.29 is 9.47 Å². The van der Waals surface area contributed by atoms with Crippen molar-refractivity contribution in [3.8, 4) is 11.5 Å². The highest BCUT2D eigenvalue weighted by Gasteiger charge is 2.18. The van der Waals surface area contributed by atoms with Gasteiger partial charge in [-0.25, -0.2) is 0 Å². The van der Waals surface area contributed by atoms with Crippen LogP contribution < -0.4 is 9.47 Å². The van der Waals surface area contributed by atoms with Gasteiger partial charge in [0.05, 0.1) is 12.7 Å². The van der Waals surface area contributed by atoms with E-state index in [9.17, 15) is 0 Å². The van der Waals surface area contributed by atoms with Gasteiger partial charge in [0, 0.05) is 5.02 Å². The van der Waals surface area contributed by atoms with Gasteiger partial charge in [-0.1, -0.05) is 29.8 Å². The third-order valence-corrected chi connectivity index (χ3v) is 3.39. The summed E-state index contributed by atoms with van der Waals surface area (Å²) in [5, 5.41) is 0.727. The fourth-order valence-corrected chi connectivity index (χ4v) is 2.29. The number of rotatable bonds is 2. The molecular formula is C16H13ClO2. The minimum atomic E-state index is -0.0862. The van der Waals surface area contributed by atoms with Gasteiger partial charge in [0.1, 0.15) is 17.6 Å². The third-order valence-electron chi connectivity index (χ3n) is 3.14. The second kappa shape index (κ2) is 4.98. The summed E-state index contributed by atoms with van der Waals surface area (Å²) >= 11 is 5.90. The topological polar surface area (TPSA) is 18.5 Å². The minimum absolute atomic E-state index is 0.0862. The monoisotopic (exact) mass is 272 g/mol. The summed E-state index contributed by atoms with van der Waals surface area (Å²) < 4.78 is 11.3. The normalized spacial score (nSPS) is 16.6. The number of fused-ring (bicyclic) bond motifs is 1. The van der Waals surface area contributed by atoms with Crippen LogP contribution in [0.2, 0.25) is 5.02 Å². The van der Waals surface area contributed by atoms with Crippen molar-refractivity contribution >= 4 is 17.7 Å². The molecule has 1 atom stereocenters. The first-order chi connectivity index (χ1) is 9.28. The molecule has 0 radical (unpaired) electrons. The molecule has 3 heteroatoms. The molecule has 2 aromatic carbocycles. The van der Waals surface area contributed by atoms with E-state index in [4.69, 9.17) is 21.1 Å². The number of benzene rings is 2. The Morgan fingerprint density at radius 3 is 2.63 bits per heavy atom. The molecule has 1 aliphatic heterocycles. The lowest BCUT2D eigenvalue weighted by atomic mass is 10.0. The maximum absolute atomic E-state index is 5.99. The quantitative estimate of drug-likeness (QED) is 0.802. The fraction of sp³-hybridized carbons (Fsp3) is 0.125. The summed E-state index contributed by atoms with van der Waals surface area (Å²) in [5.74, 6) is 1.66. The van der Waals surface area contributed by atoms with E-state index in [2.05, 4.69) is 0 Å². The van der Waals surface area contributed by atoms with E-state index >= 15 is 0 Å². The Labute approximate surface area is 117 Å². The van der Waals surface area contributed by atoms with Crippen LogP contribution in [-0.2, 0) is 0 Å². The number of hydrogen-bond acceptors (Lipinski definition) is 2. The van der Waals surface area contributed by atoms with Crippen molar-refractivity contribution in [3.05, 3.63) is 64.7 Å². The van der Waals surface area contributed by atoms with Crippen molar-refractivity contribution in [2.24, 2.45) is 0 Å². The lowest BCUT2D eigenvalue weighted by Gasteiger charge is -2.23. The van der Waals surface area contributed by atoms with Gasteiger partial charge >= 0.3 is 0 Å². The molecule has 0 bridgehead atoms. The van der Waals surface area contributed by atoms with Gasteiger partial charge in [-0.05, 0) is 42.0 Å². The van der Waals surface area contributed by atoms with Gasteiger partial charge < -0.3 is 9.47 Å². The molecule has 2 nitrogen and oxygen atoms in total. The molecule has 3 rings (SSSR count). The van der Waals surface area contributed by atoms with E-state index in [-0.39, 0.29) is 6.10 Å². The molecule has 96 valence electrons. The summed E-state index contributed by atoms with van der Waals surface area (Å²) in [6.45, 7) is 0. The van der Waals surface area contributed by atoms with Gasteiger partial charge in [0.2, 0.25) is 0 Å². The molecule has 1 aliphatic rings. The summed E-state index contributed by atoms with van der Waals surface area (Å²) in [6.07, 6.45) is 3.97. The van der Waals surface area contributed by atoms with Crippen molar-refractivity contribution in [2.45, 2.75) is 6.10 Å². The van der Waals surface area contributed by atoms with Crippen molar-refractivity contribution in [1.29, 1.82) is 0 Å². The van der Waals surface area contributed by atoms with Gasteiger partial charge in [-0.15, -0.1) is 0 Å². The molecule has 0 fully saturated rings. The zero-order chi connectivity index (χ0) is 13.2. The molecule has 0 N–H and O–H groups in total. The summed E-state index contributed by atoms with van der Waals surface area (Å²) in [6, 6.07) is 13.5. The smallest absolute Gasteiger partial charge is 0.142 e. The molecular weight excluding hydrogens is 260 g/mol.